The van der Waals surface area contributed by atoms with Gasteiger partial charge < -0.3 is 4.74 Å². The predicted molar refractivity (Wildman–Crippen MR) is 71.8 cm³/mol. The smallest absolute Gasteiger partial charge is 0.143 e. The maximum atomic E-state index is 5.28. The summed E-state index contributed by atoms with van der Waals surface area (Å²) < 4.78 is 5.28. The molecule has 2 rings (SSSR count). The van der Waals surface area contributed by atoms with Gasteiger partial charge in [0.2, 0.25) is 0 Å². The molecule has 3 nitrogen and oxygen atoms in total. The van der Waals surface area contributed by atoms with Gasteiger partial charge in [-0.1, -0.05) is 25.0 Å². The maximum Gasteiger partial charge on any atom is 0.143 e. The first-order chi connectivity index (χ1) is 8.40. The largest absolute Gasteiger partial charge is 0.495 e. The molecule has 0 bridgehead atoms. The summed E-state index contributed by atoms with van der Waals surface area (Å²) in [4.78, 5) is 0. The summed E-state index contributed by atoms with van der Waals surface area (Å²) in [6.07, 6.45) is 7.48. The average molecular weight is 232 g/mol. The molecule has 0 radical (unpaired) electrons. The van der Waals surface area contributed by atoms with Crippen LogP contribution in [-0.4, -0.2) is 12.8 Å². The molecule has 0 saturated heterocycles. The van der Waals surface area contributed by atoms with Crippen LogP contribution >= 0.6 is 0 Å². The predicted octanol–water partition coefficient (Wildman–Crippen LogP) is 3.82. The highest BCUT2D eigenvalue weighted by Gasteiger charge is 2.06. The topological polar surface area (TPSA) is 33.6 Å². The number of nitrogens with one attached hydrogen (secondary N) is 1. The molecule has 0 aliphatic heterocycles. The van der Waals surface area contributed by atoms with Gasteiger partial charge in [-0.15, -0.1) is 0 Å². The number of para-hydroxylation sites is 2. The lowest BCUT2D eigenvalue weighted by atomic mass is 10.2. The standard InChI is InChI=1S/C14H20N2O/c1-17-14-11-7-6-10-13(14)16-15-12-8-4-2-3-5-9-12/h6-7,10-11,16H,2-5,8-9H2,1H3. The van der Waals surface area contributed by atoms with Gasteiger partial charge in [-0.3, -0.25) is 5.43 Å². The van der Waals surface area contributed by atoms with Crippen LogP contribution in [0, 0.1) is 0 Å². The molecule has 17 heavy (non-hydrogen) atoms. The number of benzene rings is 1. The van der Waals surface area contributed by atoms with E-state index in [2.05, 4.69) is 10.5 Å². The van der Waals surface area contributed by atoms with Crippen LogP contribution in [0.1, 0.15) is 38.5 Å². The molecule has 0 unspecified atom stereocenters. The van der Waals surface area contributed by atoms with Gasteiger partial charge in [0.05, 0.1) is 12.8 Å². The summed E-state index contributed by atoms with van der Waals surface area (Å²) in [6, 6.07) is 7.87. The highest BCUT2D eigenvalue weighted by Crippen LogP contribution is 2.23. The van der Waals surface area contributed by atoms with Crippen molar-refractivity contribution in [3.63, 3.8) is 0 Å². The first-order valence-electron chi connectivity index (χ1n) is 6.34. The normalized spacial score (nSPS) is 16.2. The fraction of sp³-hybridized carbons (Fsp3) is 0.500. The summed E-state index contributed by atoms with van der Waals surface area (Å²) in [5, 5.41) is 4.51. The number of hydrogen-bond donors (Lipinski definition) is 1. The number of anilines is 1. The zero-order chi connectivity index (χ0) is 11.9. The molecule has 1 aliphatic carbocycles. The second kappa shape index (κ2) is 6.28. The number of methoxy groups -OCH3 is 1. The van der Waals surface area contributed by atoms with Crippen molar-refractivity contribution >= 4 is 11.4 Å². The minimum absolute atomic E-state index is 0.838. The Hall–Kier alpha value is -1.51. The number of hydrazone groups is 1. The van der Waals surface area contributed by atoms with Crippen molar-refractivity contribution in [3.05, 3.63) is 24.3 Å². The Labute approximate surface area is 103 Å². The summed E-state index contributed by atoms with van der Waals surface area (Å²) in [7, 11) is 1.68. The quantitative estimate of drug-likeness (QED) is 0.635. The molecule has 92 valence electrons. The molecule has 3 heteroatoms. The first kappa shape index (κ1) is 12.0. The van der Waals surface area contributed by atoms with Crippen LogP contribution in [0.3, 0.4) is 0 Å². The van der Waals surface area contributed by atoms with E-state index in [0.717, 1.165) is 24.3 Å². The molecular formula is C14H20N2O. The van der Waals surface area contributed by atoms with Crippen LogP contribution in [0.15, 0.2) is 29.4 Å². The minimum atomic E-state index is 0.838. The van der Waals surface area contributed by atoms with E-state index in [4.69, 9.17) is 4.74 Å². The monoisotopic (exact) mass is 232 g/mol. The van der Waals surface area contributed by atoms with Crippen LogP contribution in [0.5, 0.6) is 5.75 Å². The molecule has 0 atom stereocenters. The lowest BCUT2D eigenvalue weighted by molar-refractivity contribution is 0.416. The van der Waals surface area contributed by atoms with Gasteiger partial charge >= 0.3 is 0 Å². The van der Waals surface area contributed by atoms with Gasteiger partial charge in [-0.25, -0.2) is 0 Å². The fourth-order valence-electron chi connectivity index (χ4n) is 2.12. The van der Waals surface area contributed by atoms with Gasteiger partial charge in [-0.2, -0.15) is 5.10 Å². The van der Waals surface area contributed by atoms with Gasteiger partial charge in [0.15, 0.2) is 0 Å². The second-order valence-electron chi connectivity index (χ2n) is 4.40. The van der Waals surface area contributed by atoms with Crippen LogP contribution in [0.25, 0.3) is 0 Å². The number of nitrogens with zero attached hydrogens (tertiary/aromatic N) is 1. The molecule has 1 aromatic carbocycles. The van der Waals surface area contributed by atoms with Crippen molar-refractivity contribution in [2.75, 3.05) is 12.5 Å². The van der Waals surface area contributed by atoms with Gasteiger partial charge in [0, 0.05) is 5.71 Å². The van der Waals surface area contributed by atoms with Crippen LogP contribution in [0.4, 0.5) is 5.69 Å². The molecule has 0 aromatic heterocycles. The Morgan fingerprint density at radius 3 is 2.47 bits per heavy atom. The summed E-state index contributed by atoms with van der Waals surface area (Å²) >= 11 is 0. The van der Waals surface area contributed by atoms with E-state index in [0.29, 0.717) is 0 Å². The van der Waals surface area contributed by atoms with Gasteiger partial charge in [-0.05, 0) is 37.8 Å². The Morgan fingerprint density at radius 1 is 1.06 bits per heavy atom. The SMILES string of the molecule is COc1ccccc1NN=C1CCCCCC1. The highest BCUT2D eigenvalue weighted by atomic mass is 16.5. The van der Waals surface area contributed by atoms with E-state index in [1.165, 1.54) is 31.4 Å². The molecule has 1 aromatic rings. The van der Waals surface area contributed by atoms with Crippen molar-refractivity contribution < 1.29 is 4.74 Å². The van der Waals surface area contributed by atoms with Gasteiger partial charge in [0.1, 0.15) is 5.75 Å². The molecule has 1 N–H and O–H groups in total. The lowest BCUT2D eigenvalue weighted by Gasteiger charge is -2.08. The second-order valence-corrected chi connectivity index (χ2v) is 4.40. The Bertz CT molecular complexity index is 378. The molecular weight excluding hydrogens is 212 g/mol. The van der Waals surface area contributed by atoms with E-state index in [9.17, 15) is 0 Å². The number of ether oxygens (including phenoxy) is 1. The van der Waals surface area contributed by atoms with Crippen molar-refractivity contribution in [1.29, 1.82) is 0 Å². The molecule has 1 saturated carbocycles. The summed E-state index contributed by atoms with van der Waals surface area (Å²) in [6.45, 7) is 0. The van der Waals surface area contributed by atoms with Crippen molar-refractivity contribution in [1.82, 2.24) is 0 Å². The molecule has 1 fully saturated rings. The maximum absolute atomic E-state index is 5.28. The van der Waals surface area contributed by atoms with Crippen LogP contribution in [-0.2, 0) is 0 Å². The van der Waals surface area contributed by atoms with Gasteiger partial charge in [0.25, 0.3) is 0 Å². The number of rotatable bonds is 3. The number of hydrogen-bond acceptors (Lipinski definition) is 3. The van der Waals surface area contributed by atoms with Crippen LogP contribution in [0.2, 0.25) is 0 Å². The minimum Gasteiger partial charge on any atom is -0.495 e. The van der Waals surface area contributed by atoms with Crippen LogP contribution < -0.4 is 10.2 Å². The third-order valence-corrected chi connectivity index (χ3v) is 3.12. The van der Waals surface area contributed by atoms with Crippen molar-refractivity contribution in [3.8, 4) is 5.75 Å². The molecule has 0 spiro atoms. The molecule has 0 amide bonds. The molecule has 1 aliphatic rings. The Balaban J connectivity index is 2.02. The summed E-state index contributed by atoms with van der Waals surface area (Å²) in [5.74, 6) is 0.838. The fourth-order valence-corrected chi connectivity index (χ4v) is 2.12. The lowest BCUT2D eigenvalue weighted by Crippen LogP contribution is -2.01. The third kappa shape index (κ3) is 3.48. The Kier molecular flexibility index (Phi) is 4.42. The van der Waals surface area contributed by atoms with E-state index in [1.54, 1.807) is 7.11 Å². The molecule has 0 heterocycles. The highest BCUT2D eigenvalue weighted by molar-refractivity contribution is 5.85. The van der Waals surface area contributed by atoms with E-state index >= 15 is 0 Å². The first-order valence-corrected chi connectivity index (χ1v) is 6.34. The van der Waals surface area contributed by atoms with E-state index < -0.39 is 0 Å². The Morgan fingerprint density at radius 2 is 1.76 bits per heavy atom. The zero-order valence-electron chi connectivity index (χ0n) is 10.4. The average Bonchev–Trinajstić information content (AvgIpc) is 2.65. The third-order valence-electron chi connectivity index (χ3n) is 3.12. The zero-order valence-corrected chi connectivity index (χ0v) is 10.4. The van der Waals surface area contributed by atoms with E-state index in [1.807, 2.05) is 24.3 Å². The van der Waals surface area contributed by atoms with E-state index in [-0.39, 0.29) is 0 Å². The van der Waals surface area contributed by atoms with Crippen molar-refractivity contribution in [2.45, 2.75) is 38.5 Å². The van der Waals surface area contributed by atoms with Crippen molar-refractivity contribution in [2.24, 2.45) is 5.10 Å². The summed E-state index contributed by atoms with van der Waals surface area (Å²) in [5.41, 5.74) is 5.35.